The molecule has 0 saturated heterocycles. The normalized spacial score (nSPS) is 15.6. The van der Waals surface area contributed by atoms with Crippen molar-refractivity contribution in [2.24, 2.45) is 10.2 Å². The van der Waals surface area contributed by atoms with Crippen LogP contribution in [0.25, 0.3) is 27.5 Å². The average molecular weight is 371 g/mol. The standard InChI is InChI=1S/C22H21N5O/c1-12-9-14-13(2)11-22(3,4)27-19(14)15(10-12)18(20(27)28)25-26-21-23-16-7-5-6-8-17(16)24-21/h5-11,28H,1-4H3,(H,23,24). The smallest absolute Gasteiger partial charge is 0.247 e. The van der Waals surface area contributed by atoms with E-state index in [1.54, 1.807) is 0 Å². The molecule has 140 valence electrons. The molecule has 2 aromatic carbocycles. The van der Waals surface area contributed by atoms with Crippen molar-refractivity contribution < 1.29 is 5.11 Å². The predicted octanol–water partition coefficient (Wildman–Crippen LogP) is 6.10. The molecule has 1 aliphatic rings. The van der Waals surface area contributed by atoms with Crippen molar-refractivity contribution in [3.05, 3.63) is 53.6 Å². The third kappa shape index (κ3) is 2.30. The van der Waals surface area contributed by atoms with Crippen molar-refractivity contribution in [3.63, 3.8) is 0 Å². The van der Waals surface area contributed by atoms with E-state index in [2.05, 4.69) is 66.1 Å². The van der Waals surface area contributed by atoms with E-state index < -0.39 is 0 Å². The van der Waals surface area contributed by atoms with Gasteiger partial charge < -0.3 is 14.7 Å². The van der Waals surface area contributed by atoms with Crippen LogP contribution in [-0.4, -0.2) is 19.6 Å². The number of rotatable bonds is 2. The average Bonchev–Trinajstić information content (AvgIpc) is 3.16. The fraction of sp³-hybridized carbons (Fsp3) is 0.227. The molecular weight excluding hydrogens is 350 g/mol. The van der Waals surface area contributed by atoms with Crippen LogP contribution in [0.3, 0.4) is 0 Å². The van der Waals surface area contributed by atoms with E-state index in [-0.39, 0.29) is 11.4 Å². The molecule has 2 aromatic heterocycles. The molecule has 0 saturated carbocycles. The summed E-state index contributed by atoms with van der Waals surface area (Å²) in [4.78, 5) is 7.58. The number of hydrogen-bond donors (Lipinski definition) is 2. The molecule has 2 N–H and O–H groups in total. The highest BCUT2D eigenvalue weighted by molar-refractivity contribution is 6.03. The summed E-state index contributed by atoms with van der Waals surface area (Å²) in [6.45, 7) is 8.33. The molecule has 4 aromatic rings. The molecular formula is C22H21N5O. The monoisotopic (exact) mass is 371 g/mol. The first-order chi connectivity index (χ1) is 13.3. The van der Waals surface area contributed by atoms with Gasteiger partial charge in [0.1, 0.15) is 0 Å². The van der Waals surface area contributed by atoms with Crippen LogP contribution >= 0.6 is 0 Å². The molecule has 0 atom stereocenters. The third-order valence-corrected chi connectivity index (χ3v) is 5.35. The minimum atomic E-state index is -0.359. The molecule has 6 heteroatoms. The maximum absolute atomic E-state index is 11.1. The van der Waals surface area contributed by atoms with Gasteiger partial charge in [0.2, 0.25) is 11.8 Å². The van der Waals surface area contributed by atoms with Crippen molar-refractivity contribution >= 4 is 39.1 Å². The minimum absolute atomic E-state index is 0.121. The Morgan fingerprint density at radius 1 is 1.11 bits per heavy atom. The summed E-state index contributed by atoms with van der Waals surface area (Å²) in [6.07, 6.45) is 2.17. The van der Waals surface area contributed by atoms with Crippen LogP contribution in [0.1, 0.15) is 31.9 Å². The second kappa shape index (κ2) is 5.55. The number of allylic oxidation sites excluding steroid dienone is 2. The first-order valence-corrected chi connectivity index (χ1v) is 9.30. The number of H-pyrrole nitrogens is 1. The van der Waals surface area contributed by atoms with E-state index in [4.69, 9.17) is 0 Å². The van der Waals surface area contributed by atoms with Gasteiger partial charge in [-0.05, 0) is 63.1 Å². The lowest BCUT2D eigenvalue weighted by Gasteiger charge is -2.31. The van der Waals surface area contributed by atoms with Crippen molar-refractivity contribution in [2.75, 3.05) is 0 Å². The first-order valence-electron chi connectivity index (χ1n) is 9.30. The van der Waals surface area contributed by atoms with Crippen molar-refractivity contribution in [2.45, 2.75) is 33.2 Å². The van der Waals surface area contributed by atoms with Crippen molar-refractivity contribution in [3.8, 4) is 5.88 Å². The number of para-hydroxylation sites is 2. The molecule has 1 aliphatic heterocycles. The highest BCUT2D eigenvalue weighted by atomic mass is 16.3. The number of nitrogens with one attached hydrogen (secondary N) is 1. The summed E-state index contributed by atoms with van der Waals surface area (Å²) in [5.74, 6) is 0.535. The van der Waals surface area contributed by atoms with Crippen LogP contribution in [0.2, 0.25) is 0 Å². The molecule has 3 heterocycles. The summed E-state index contributed by atoms with van der Waals surface area (Å²) in [6, 6.07) is 11.9. The van der Waals surface area contributed by atoms with Gasteiger partial charge in [-0.2, -0.15) is 0 Å². The molecule has 0 amide bonds. The van der Waals surface area contributed by atoms with E-state index >= 15 is 0 Å². The number of fused-ring (bicyclic) bond motifs is 1. The van der Waals surface area contributed by atoms with E-state index in [9.17, 15) is 5.11 Å². The van der Waals surface area contributed by atoms with Crippen molar-refractivity contribution in [1.29, 1.82) is 0 Å². The SMILES string of the molecule is CC1=CC(C)(C)n2c(O)c(N=Nc3nc4ccccc4[nH]3)c3cc(C)cc1c32. The topological polar surface area (TPSA) is 78.6 Å². The molecule has 28 heavy (non-hydrogen) atoms. The van der Waals surface area contributed by atoms with Gasteiger partial charge in [0.05, 0.1) is 22.1 Å². The Balaban J connectivity index is 1.73. The minimum Gasteiger partial charge on any atom is -0.493 e. The van der Waals surface area contributed by atoms with Crippen LogP contribution in [0.15, 0.2) is 52.7 Å². The Labute approximate surface area is 162 Å². The maximum atomic E-state index is 11.1. The number of nitrogens with zero attached hydrogens (tertiary/aromatic N) is 4. The van der Waals surface area contributed by atoms with E-state index in [0.717, 1.165) is 33.1 Å². The van der Waals surface area contributed by atoms with Gasteiger partial charge in [0, 0.05) is 10.9 Å². The number of benzene rings is 2. The summed E-state index contributed by atoms with van der Waals surface area (Å²) in [5.41, 5.74) is 6.27. The van der Waals surface area contributed by atoms with Gasteiger partial charge in [-0.25, -0.2) is 4.98 Å². The first kappa shape index (κ1) is 16.7. The predicted molar refractivity (Wildman–Crippen MR) is 112 cm³/mol. The summed E-state index contributed by atoms with van der Waals surface area (Å²) >= 11 is 0. The zero-order valence-electron chi connectivity index (χ0n) is 16.3. The number of hydrogen-bond acceptors (Lipinski definition) is 4. The van der Waals surface area contributed by atoms with E-state index in [1.807, 2.05) is 28.8 Å². The van der Waals surface area contributed by atoms with Crippen LogP contribution in [0.4, 0.5) is 11.6 Å². The number of aromatic amines is 1. The van der Waals surface area contributed by atoms with E-state index in [0.29, 0.717) is 11.6 Å². The molecule has 0 fully saturated rings. The lowest BCUT2D eigenvalue weighted by Crippen LogP contribution is -2.26. The second-order valence-corrected chi connectivity index (χ2v) is 7.97. The quantitative estimate of drug-likeness (QED) is 0.418. The number of aromatic nitrogens is 3. The Bertz CT molecular complexity index is 1290. The Morgan fingerprint density at radius 2 is 1.89 bits per heavy atom. The number of imidazole rings is 1. The molecule has 0 bridgehead atoms. The largest absolute Gasteiger partial charge is 0.493 e. The number of aromatic hydroxyl groups is 1. The van der Waals surface area contributed by atoms with Crippen LogP contribution < -0.4 is 0 Å². The molecule has 0 spiro atoms. The maximum Gasteiger partial charge on any atom is 0.247 e. The lowest BCUT2D eigenvalue weighted by atomic mass is 9.91. The molecule has 6 nitrogen and oxygen atoms in total. The zero-order valence-corrected chi connectivity index (χ0v) is 16.3. The second-order valence-electron chi connectivity index (χ2n) is 7.97. The van der Waals surface area contributed by atoms with Gasteiger partial charge in [0.25, 0.3) is 0 Å². The Kier molecular flexibility index (Phi) is 3.32. The highest BCUT2D eigenvalue weighted by Crippen LogP contribution is 2.48. The molecule has 0 radical (unpaired) electrons. The summed E-state index contributed by atoms with van der Waals surface area (Å²) in [5, 5.41) is 20.6. The van der Waals surface area contributed by atoms with E-state index in [1.165, 1.54) is 5.57 Å². The fourth-order valence-electron chi connectivity index (χ4n) is 4.25. The van der Waals surface area contributed by atoms with Gasteiger partial charge in [-0.3, -0.25) is 0 Å². The Hall–Kier alpha value is -3.41. The van der Waals surface area contributed by atoms with Crippen LogP contribution in [-0.2, 0) is 5.54 Å². The molecule has 0 aliphatic carbocycles. The highest BCUT2D eigenvalue weighted by Gasteiger charge is 2.32. The fourth-order valence-corrected chi connectivity index (χ4v) is 4.25. The van der Waals surface area contributed by atoms with Crippen LogP contribution in [0, 0.1) is 6.92 Å². The van der Waals surface area contributed by atoms with Gasteiger partial charge in [0.15, 0.2) is 5.69 Å². The molecule has 5 rings (SSSR count). The van der Waals surface area contributed by atoms with Gasteiger partial charge in [-0.15, -0.1) is 10.2 Å². The van der Waals surface area contributed by atoms with Crippen molar-refractivity contribution in [1.82, 2.24) is 14.5 Å². The Morgan fingerprint density at radius 3 is 2.68 bits per heavy atom. The zero-order chi connectivity index (χ0) is 19.6. The molecule has 0 unspecified atom stereocenters. The van der Waals surface area contributed by atoms with Gasteiger partial charge in [-0.1, -0.05) is 18.2 Å². The third-order valence-electron chi connectivity index (χ3n) is 5.35. The van der Waals surface area contributed by atoms with Crippen LogP contribution in [0.5, 0.6) is 5.88 Å². The number of azo groups is 1. The number of aryl methyl sites for hydroxylation is 1. The lowest BCUT2D eigenvalue weighted by molar-refractivity contribution is 0.362. The summed E-state index contributed by atoms with van der Waals surface area (Å²) < 4.78 is 1.94. The summed E-state index contributed by atoms with van der Waals surface area (Å²) in [7, 11) is 0. The van der Waals surface area contributed by atoms with Gasteiger partial charge >= 0.3 is 0 Å².